The molecule has 2 aromatic carbocycles. The number of hydrogen-bond donors (Lipinski definition) is 1. The minimum absolute atomic E-state index is 0.0591. The van der Waals surface area contributed by atoms with Crippen LogP contribution in [0.15, 0.2) is 52.4 Å². The highest BCUT2D eigenvalue weighted by Crippen LogP contribution is 2.29. The molecule has 2 atom stereocenters. The van der Waals surface area contributed by atoms with Crippen molar-refractivity contribution >= 4 is 40.2 Å². The Balaban J connectivity index is 1.71. The van der Waals surface area contributed by atoms with Gasteiger partial charge in [-0.1, -0.05) is 35.5 Å². The topological polar surface area (TPSA) is 82.4 Å². The standard InChI is InChI=1S/C23H24ClN3O4S/c1-14(21(28)25-13-16-6-5-11-31-16)32-23-26-18-12-15(24)9-10-17(18)22(29)27(23)19-7-3-4-8-20(19)30-2/h3-4,7-10,12,14,16H,5-6,11,13H2,1-2H3,(H,25,28)/t14-,16+/m0/s1. The number of fused-ring (bicyclic) bond motifs is 1. The first kappa shape index (κ1) is 22.6. The van der Waals surface area contributed by atoms with E-state index < -0.39 is 5.25 Å². The third-order valence-electron chi connectivity index (χ3n) is 5.31. The third kappa shape index (κ3) is 4.77. The lowest BCUT2D eigenvalue weighted by Gasteiger charge is -2.18. The molecule has 1 amide bonds. The van der Waals surface area contributed by atoms with Gasteiger partial charge in [0.05, 0.1) is 35.1 Å². The Labute approximate surface area is 195 Å². The number of rotatable bonds is 7. The molecule has 0 unspecified atom stereocenters. The zero-order valence-electron chi connectivity index (χ0n) is 17.8. The van der Waals surface area contributed by atoms with Crippen LogP contribution in [-0.2, 0) is 9.53 Å². The van der Waals surface area contributed by atoms with Crippen molar-refractivity contribution in [1.29, 1.82) is 0 Å². The fraction of sp³-hybridized carbons (Fsp3) is 0.348. The number of halogens is 1. The van der Waals surface area contributed by atoms with E-state index in [1.165, 1.54) is 16.3 Å². The average Bonchev–Trinajstić information content (AvgIpc) is 3.31. The first-order chi connectivity index (χ1) is 15.5. The van der Waals surface area contributed by atoms with E-state index >= 15 is 0 Å². The lowest BCUT2D eigenvalue weighted by Crippen LogP contribution is -2.36. The number of benzene rings is 2. The van der Waals surface area contributed by atoms with Gasteiger partial charge in [-0.2, -0.15) is 0 Å². The van der Waals surface area contributed by atoms with Crippen LogP contribution in [0.3, 0.4) is 0 Å². The molecule has 1 fully saturated rings. The number of hydrogen-bond acceptors (Lipinski definition) is 6. The first-order valence-corrected chi connectivity index (χ1v) is 11.7. The SMILES string of the molecule is COc1ccccc1-n1c(S[C@@H](C)C(=O)NC[C@H]2CCCO2)nc2cc(Cl)ccc2c1=O. The van der Waals surface area contributed by atoms with Gasteiger partial charge in [-0.3, -0.25) is 14.2 Å². The lowest BCUT2D eigenvalue weighted by atomic mass is 10.2. The van der Waals surface area contributed by atoms with Gasteiger partial charge < -0.3 is 14.8 Å². The van der Waals surface area contributed by atoms with Crippen LogP contribution in [0.25, 0.3) is 16.6 Å². The van der Waals surface area contributed by atoms with Gasteiger partial charge in [0.15, 0.2) is 5.16 Å². The van der Waals surface area contributed by atoms with E-state index in [1.54, 1.807) is 44.4 Å². The Bertz CT molecular complexity index is 1190. The molecule has 1 aromatic heterocycles. The van der Waals surface area contributed by atoms with E-state index in [-0.39, 0.29) is 17.6 Å². The molecular weight excluding hydrogens is 450 g/mol. The molecule has 0 spiro atoms. The molecule has 0 radical (unpaired) electrons. The number of carbonyl (C=O) groups excluding carboxylic acids is 1. The largest absolute Gasteiger partial charge is 0.495 e. The zero-order chi connectivity index (χ0) is 22.7. The Morgan fingerprint density at radius 3 is 2.94 bits per heavy atom. The Morgan fingerprint density at radius 2 is 2.19 bits per heavy atom. The quantitative estimate of drug-likeness (QED) is 0.415. The fourth-order valence-electron chi connectivity index (χ4n) is 3.62. The van der Waals surface area contributed by atoms with Gasteiger partial charge in [-0.25, -0.2) is 4.98 Å². The summed E-state index contributed by atoms with van der Waals surface area (Å²) >= 11 is 7.35. The summed E-state index contributed by atoms with van der Waals surface area (Å²) in [6.45, 7) is 3.00. The van der Waals surface area contributed by atoms with Crippen LogP contribution in [0.4, 0.5) is 0 Å². The molecule has 1 aliphatic heterocycles. The smallest absolute Gasteiger partial charge is 0.266 e. The monoisotopic (exact) mass is 473 g/mol. The number of methoxy groups -OCH3 is 1. The van der Waals surface area contributed by atoms with Crippen LogP contribution in [0.2, 0.25) is 5.02 Å². The van der Waals surface area contributed by atoms with Crippen molar-refractivity contribution in [3.05, 3.63) is 57.8 Å². The summed E-state index contributed by atoms with van der Waals surface area (Å²) in [6.07, 6.45) is 2.02. The Hall–Kier alpha value is -2.55. The van der Waals surface area contributed by atoms with Gasteiger partial charge >= 0.3 is 0 Å². The third-order valence-corrected chi connectivity index (χ3v) is 6.59. The van der Waals surface area contributed by atoms with E-state index in [1.807, 2.05) is 12.1 Å². The van der Waals surface area contributed by atoms with E-state index in [9.17, 15) is 9.59 Å². The molecule has 168 valence electrons. The van der Waals surface area contributed by atoms with Crippen molar-refractivity contribution in [3.63, 3.8) is 0 Å². The minimum Gasteiger partial charge on any atom is -0.495 e. The molecule has 7 nitrogen and oxygen atoms in total. The second-order valence-corrected chi connectivity index (χ2v) is 9.25. The number of nitrogens with zero attached hydrogens (tertiary/aromatic N) is 2. The molecule has 2 heterocycles. The van der Waals surface area contributed by atoms with Crippen molar-refractivity contribution in [2.45, 2.75) is 36.3 Å². The van der Waals surface area contributed by atoms with Crippen LogP contribution >= 0.6 is 23.4 Å². The molecule has 3 aromatic rings. The van der Waals surface area contributed by atoms with Crippen LogP contribution in [-0.4, -0.2) is 47.1 Å². The van der Waals surface area contributed by atoms with E-state index in [0.717, 1.165) is 19.4 Å². The number of nitrogens with one attached hydrogen (secondary N) is 1. The highest BCUT2D eigenvalue weighted by Gasteiger charge is 2.23. The number of para-hydroxylation sites is 2. The molecule has 0 aliphatic carbocycles. The van der Waals surface area contributed by atoms with Crippen molar-refractivity contribution in [1.82, 2.24) is 14.9 Å². The minimum atomic E-state index is -0.485. The molecule has 0 bridgehead atoms. The average molecular weight is 474 g/mol. The Morgan fingerprint density at radius 1 is 1.38 bits per heavy atom. The summed E-state index contributed by atoms with van der Waals surface area (Å²) in [5.74, 6) is 0.388. The van der Waals surface area contributed by atoms with E-state index in [4.69, 9.17) is 21.1 Å². The number of aromatic nitrogens is 2. The molecular formula is C23H24ClN3O4S. The van der Waals surface area contributed by atoms with Crippen LogP contribution in [0.5, 0.6) is 5.75 Å². The van der Waals surface area contributed by atoms with Crippen molar-refractivity contribution < 1.29 is 14.3 Å². The number of thioether (sulfide) groups is 1. The summed E-state index contributed by atoms with van der Waals surface area (Å²) < 4.78 is 12.5. The van der Waals surface area contributed by atoms with Gasteiger partial charge in [0.25, 0.3) is 5.56 Å². The fourth-order valence-corrected chi connectivity index (χ4v) is 4.73. The zero-order valence-corrected chi connectivity index (χ0v) is 19.4. The number of carbonyl (C=O) groups is 1. The highest BCUT2D eigenvalue weighted by atomic mass is 35.5. The predicted molar refractivity (Wildman–Crippen MR) is 126 cm³/mol. The van der Waals surface area contributed by atoms with Gasteiger partial charge in [-0.15, -0.1) is 0 Å². The molecule has 9 heteroatoms. The summed E-state index contributed by atoms with van der Waals surface area (Å²) in [5.41, 5.74) is 0.771. The maximum atomic E-state index is 13.5. The van der Waals surface area contributed by atoms with Gasteiger partial charge in [0.2, 0.25) is 5.91 Å². The molecule has 0 saturated carbocycles. The summed E-state index contributed by atoms with van der Waals surface area (Å²) in [4.78, 5) is 30.9. The first-order valence-electron chi connectivity index (χ1n) is 10.4. The van der Waals surface area contributed by atoms with Crippen molar-refractivity contribution in [2.24, 2.45) is 0 Å². The highest BCUT2D eigenvalue weighted by molar-refractivity contribution is 8.00. The van der Waals surface area contributed by atoms with Crippen LogP contribution in [0, 0.1) is 0 Å². The summed E-state index contributed by atoms with van der Waals surface area (Å²) in [6, 6.07) is 12.2. The van der Waals surface area contributed by atoms with E-state index in [0.29, 0.717) is 39.1 Å². The summed E-state index contributed by atoms with van der Waals surface area (Å²) in [7, 11) is 1.55. The van der Waals surface area contributed by atoms with Crippen LogP contribution in [0.1, 0.15) is 19.8 Å². The van der Waals surface area contributed by atoms with Gasteiger partial charge in [0.1, 0.15) is 5.75 Å². The number of ether oxygens (including phenoxy) is 2. The number of amides is 1. The van der Waals surface area contributed by atoms with Crippen molar-refractivity contribution in [3.8, 4) is 11.4 Å². The van der Waals surface area contributed by atoms with Crippen LogP contribution < -0.4 is 15.6 Å². The van der Waals surface area contributed by atoms with Gasteiger partial charge in [0, 0.05) is 18.2 Å². The molecule has 4 rings (SSSR count). The normalized spacial score (nSPS) is 16.8. The molecule has 1 saturated heterocycles. The molecule has 1 aliphatic rings. The predicted octanol–water partition coefficient (Wildman–Crippen LogP) is 3.82. The molecule has 32 heavy (non-hydrogen) atoms. The van der Waals surface area contributed by atoms with Crippen molar-refractivity contribution in [2.75, 3.05) is 20.3 Å². The van der Waals surface area contributed by atoms with E-state index in [2.05, 4.69) is 10.3 Å². The summed E-state index contributed by atoms with van der Waals surface area (Å²) in [5, 5.41) is 3.75. The lowest BCUT2D eigenvalue weighted by molar-refractivity contribution is -0.120. The second-order valence-electron chi connectivity index (χ2n) is 7.51. The second kappa shape index (κ2) is 9.94. The molecule has 1 N–H and O–H groups in total. The van der Waals surface area contributed by atoms with Gasteiger partial charge in [-0.05, 0) is 50.1 Å². The maximum absolute atomic E-state index is 13.5. The Kier molecular flexibility index (Phi) is 7.03. The maximum Gasteiger partial charge on any atom is 0.266 e.